The number of rotatable bonds is 7. The van der Waals surface area contributed by atoms with Gasteiger partial charge in [-0.2, -0.15) is 0 Å². The summed E-state index contributed by atoms with van der Waals surface area (Å²) in [5, 5.41) is 9.65. The van der Waals surface area contributed by atoms with Crippen LogP contribution in [0.2, 0.25) is 0 Å². The highest BCUT2D eigenvalue weighted by molar-refractivity contribution is 5.88. The first-order valence-corrected chi connectivity index (χ1v) is 7.93. The summed E-state index contributed by atoms with van der Waals surface area (Å²) in [4.78, 5) is 10.7. The maximum absolute atomic E-state index is 10.7. The van der Waals surface area contributed by atoms with E-state index in [1.807, 2.05) is 51.1 Å². The Kier molecular flexibility index (Phi) is 7.56. The first kappa shape index (κ1) is 19.3. The fourth-order valence-corrected chi connectivity index (χ4v) is 2.32. The molecule has 0 atom stereocenters. The molecular weight excluding hydrogens is 302 g/mol. The molecule has 0 spiro atoms. The van der Waals surface area contributed by atoms with E-state index in [1.54, 1.807) is 12.1 Å². The molecule has 0 unspecified atom stereocenters. The van der Waals surface area contributed by atoms with Crippen LogP contribution in [0.3, 0.4) is 0 Å². The number of carboxylic acid groups (broad SMARTS) is 1. The molecule has 0 fully saturated rings. The quantitative estimate of drug-likeness (QED) is 0.747. The van der Waals surface area contributed by atoms with E-state index in [4.69, 9.17) is 9.84 Å². The summed E-state index contributed by atoms with van der Waals surface area (Å²) < 4.78 is 7.48. The van der Waals surface area contributed by atoms with Crippen LogP contribution in [0, 0.1) is 6.92 Å². The van der Waals surface area contributed by atoms with Crippen molar-refractivity contribution >= 4 is 16.9 Å². The minimum atomic E-state index is -0.990. The molecule has 4 heteroatoms. The zero-order valence-electron chi connectivity index (χ0n) is 14.6. The highest BCUT2D eigenvalue weighted by Gasteiger charge is 2.11. The molecule has 0 saturated carbocycles. The van der Waals surface area contributed by atoms with Gasteiger partial charge in [0.15, 0.2) is 6.61 Å². The number of allylic oxidation sites excluding steroid dienone is 4. The van der Waals surface area contributed by atoms with Crippen molar-refractivity contribution in [2.75, 3.05) is 6.61 Å². The number of aryl methyl sites for hydroxylation is 1. The number of carboxylic acids is 1. The lowest BCUT2D eigenvalue weighted by atomic mass is 10.2. The van der Waals surface area contributed by atoms with Gasteiger partial charge in [0.1, 0.15) is 5.75 Å². The molecule has 0 saturated heterocycles. The number of benzene rings is 1. The third-order valence-electron chi connectivity index (χ3n) is 3.29. The van der Waals surface area contributed by atoms with E-state index in [9.17, 15) is 4.79 Å². The van der Waals surface area contributed by atoms with Gasteiger partial charge in [0.25, 0.3) is 0 Å². The van der Waals surface area contributed by atoms with Gasteiger partial charge in [-0.1, -0.05) is 51.3 Å². The number of fused-ring (bicyclic) bond motifs is 1. The topological polar surface area (TPSA) is 51.5 Å². The van der Waals surface area contributed by atoms with Crippen molar-refractivity contribution in [1.29, 1.82) is 0 Å². The predicted octanol–water partition coefficient (Wildman–Crippen LogP) is 4.74. The van der Waals surface area contributed by atoms with Crippen molar-refractivity contribution in [3.05, 3.63) is 66.9 Å². The minimum absolute atomic E-state index is 0.349. The van der Waals surface area contributed by atoms with Crippen molar-refractivity contribution in [3.63, 3.8) is 0 Å². The Hall–Kier alpha value is -2.75. The average molecular weight is 327 g/mol. The van der Waals surface area contributed by atoms with Crippen LogP contribution in [-0.4, -0.2) is 22.2 Å². The number of hydrogen-bond acceptors (Lipinski definition) is 2. The number of aromatic nitrogens is 1. The molecule has 0 amide bonds. The zero-order chi connectivity index (χ0) is 18.1. The summed E-state index contributed by atoms with van der Waals surface area (Å²) in [5.74, 6) is -0.412. The summed E-state index contributed by atoms with van der Waals surface area (Å²) in [6, 6.07) is 7.62. The lowest BCUT2D eigenvalue weighted by Gasteiger charge is -2.09. The largest absolute Gasteiger partial charge is 0.481 e. The third kappa shape index (κ3) is 4.88. The molecule has 0 aliphatic rings. The van der Waals surface area contributed by atoms with E-state index >= 15 is 0 Å². The fraction of sp³-hybridized carbons (Fsp3) is 0.250. The van der Waals surface area contributed by atoms with Gasteiger partial charge in [0, 0.05) is 17.6 Å². The van der Waals surface area contributed by atoms with Crippen molar-refractivity contribution in [2.24, 2.45) is 0 Å². The van der Waals surface area contributed by atoms with Crippen LogP contribution in [0.1, 0.15) is 19.5 Å². The van der Waals surface area contributed by atoms with Gasteiger partial charge in [-0.05, 0) is 30.7 Å². The van der Waals surface area contributed by atoms with Crippen LogP contribution < -0.4 is 4.74 Å². The number of nitrogens with zero attached hydrogens (tertiary/aromatic N) is 1. The summed E-state index contributed by atoms with van der Waals surface area (Å²) in [6.07, 6.45) is 5.48. The molecule has 0 aliphatic carbocycles. The first-order chi connectivity index (χ1) is 11.5. The lowest BCUT2D eigenvalue weighted by molar-refractivity contribution is -0.139. The Balaban J connectivity index is 0.00000139. The predicted molar refractivity (Wildman–Crippen MR) is 99.6 cm³/mol. The molecule has 1 aromatic carbocycles. The maximum Gasteiger partial charge on any atom is 0.341 e. The molecule has 0 radical (unpaired) electrons. The summed E-state index contributed by atoms with van der Waals surface area (Å²) >= 11 is 0. The molecule has 128 valence electrons. The number of ether oxygens (including phenoxy) is 1. The minimum Gasteiger partial charge on any atom is -0.481 e. The van der Waals surface area contributed by atoms with Gasteiger partial charge < -0.3 is 14.4 Å². The molecule has 24 heavy (non-hydrogen) atoms. The highest BCUT2D eigenvalue weighted by atomic mass is 16.5. The van der Waals surface area contributed by atoms with Crippen molar-refractivity contribution in [1.82, 2.24) is 4.57 Å². The second-order valence-corrected chi connectivity index (χ2v) is 5.00. The molecule has 2 rings (SSSR count). The summed E-state index contributed by atoms with van der Waals surface area (Å²) in [5.41, 5.74) is 3.01. The fourth-order valence-electron chi connectivity index (χ4n) is 2.32. The van der Waals surface area contributed by atoms with E-state index in [0.29, 0.717) is 12.3 Å². The average Bonchev–Trinajstić information content (AvgIpc) is 2.89. The normalized spacial score (nSPS) is 10.3. The summed E-state index contributed by atoms with van der Waals surface area (Å²) in [7, 11) is 0. The van der Waals surface area contributed by atoms with Crippen LogP contribution >= 0.6 is 0 Å². The van der Waals surface area contributed by atoms with Gasteiger partial charge >= 0.3 is 5.97 Å². The van der Waals surface area contributed by atoms with Gasteiger partial charge in [0.2, 0.25) is 0 Å². The lowest BCUT2D eigenvalue weighted by Crippen LogP contribution is -2.09. The molecule has 1 heterocycles. The van der Waals surface area contributed by atoms with Gasteiger partial charge in [-0.25, -0.2) is 4.79 Å². The van der Waals surface area contributed by atoms with E-state index in [-0.39, 0.29) is 6.61 Å². The second-order valence-electron chi connectivity index (χ2n) is 5.00. The van der Waals surface area contributed by atoms with Crippen LogP contribution in [-0.2, 0) is 11.3 Å². The van der Waals surface area contributed by atoms with Crippen molar-refractivity contribution in [2.45, 2.75) is 27.3 Å². The number of hydrogen-bond donors (Lipinski definition) is 1. The molecule has 1 N–H and O–H groups in total. The van der Waals surface area contributed by atoms with Crippen molar-refractivity contribution < 1.29 is 14.6 Å². The molecule has 0 aliphatic heterocycles. The van der Waals surface area contributed by atoms with Gasteiger partial charge in [-0.3, -0.25) is 0 Å². The smallest absolute Gasteiger partial charge is 0.341 e. The Labute approximate surface area is 143 Å². The molecule has 2 aromatic rings. The van der Waals surface area contributed by atoms with Crippen LogP contribution in [0.4, 0.5) is 0 Å². The Bertz CT molecular complexity index is 754. The third-order valence-corrected chi connectivity index (χ3v) is 3.29. The Morgan fingerprint density at radius 2 is 2.08 bits per heavy atom. The number of carbonyl (C=O) groups is 1. The Morgan fingerprint density at radius 1 is 1.38 bits per heavy atom. The van der Waals surface area contributed by atoms with Crippen LogP contribution in [0.5, 0.6) is 5.75 Å². The van der Waals surface area contributed by atoms with E-state index < -0.39 is 5.97 Å². The first-order valence-electron chi connectivity index (χ1n) is 7.93. The Morgan fingerprint density at radius 3 is 2.71 bits per heavy atom. The monoisotopic (exact) mass is 327 g/mol. The molecular formula is C20H25NO3. The van der Waals surface area contributed by atoms with Crippen LogP contribution in [0.15, 0.2) is 61.2 Å². The SMILES string of the molecule is C=C/C=C\C(=C)Cn1c(C)cc2c(OCC(=O)O)cccc21.CC. The van der Waals surface area contributed by atoms with Gasteiger partial charge in [0.05, 0.1) is 5.52 Å². The standard InChI is InChI=1S/C18H19NO3.C2H6/c1-4-5-7-13(2)11-19-14(3)10-15-16(19)8-6-9-17(15)22-12-18(20)21;1-2/h4-10H,1-2,11-12H2,3H3,(H,20,21);1-2H3/b7-5-;. The molecule has 1 aromatic heterocycles. The number of aliphatic carboxylic acids is 1. The maximum atomic E-state index is 10.7. The van der Waals surface area contributed by atoms with E-state index in [2.05, 4.69) is 17.7 Å². The van der Waals surface area contributed by atoms with Gasteiger partial charge in [-0.15, -0.1) is 0 Å². The van der Waals surface area contributed by atoms with Crippen LogP contribution in [0.25, 0.3) is 10.9 Å². The second kappa shape index (κ2) is 9.40. The molecule has 4 nitrogen and oxygen atoms in total. The van der Waals surface area contributed by atoms with E-state index in [0.717, 1.165) is 22.2 Å². The zero-order valence-corrected chi connectivity index (χ0v) is 14.6. The molecule has 0 bridgehead atoms. The van der Waals surface area contributed by atoms with Crippen molar-refractivity contribution in [3.8, 4) is 5.75 Å². The highest BCUT2D eigenvalue weighted by Crippen LogP contribution is 2.29. The summed E-state index contributed by atoms with van der Waals surface area (Å²) in [6.45, 7) is 14.0. The van der Waals surface area contributed by atoms with E-state index in [1.165, 1.54) is 0 Å².